The van der Waals surface area contributed by atoms with Crippen molar-refractivity contribution in [1.29, 1.82) is 0 Å². The number of nitrogens with one attached hydrogen (secondary N) is 2. The number of benzene rings is 1. The number of aromatic nitrogens is 1. The van der Waals surface area contributed by atoms with Crippen molar-refractivity contribution in [3.63, 3.8) is 0 Å². The molecule has 0 aliphatic rings. The smallest absolute Gasteiger partial charge is 0.408 e. The second-order valence-electron chi connectivity index (χ2n) is 4.92. The van der Waals surface area contributed by atoms with Gasteiger partial charge >= 0.3 is 5.76 Å². The van der Waals surface area contributed by atoms with Crippen molar-refractivity contribution < 1.29 is 4.42 Å². The van der Waals surface area contributed by atoms with Gasteiger partial charge in [-0.25, -0.2) is 4.79 Å². The molecule has 0 saturated carbocycles. The number of hydrogen-bond donors (Lipinski definition) is 2. The van der Waals surface area contributed by atoms with Crippen LogP contribution in [0.15, 0.2) is 27.4 Å². The number of rotatable bonds is 7. The van der Waals surface area contributed by atoms with Crippen LogP contribution in [0.2, 0.25) is 0 Å². The summed E-state index contributed by atoms with van der Waals surface area (Å²) in [6.07, 6.45) is 4.60. The van der Waals surface area contributed by atoms with Gasteiger partial charge in [-0.2, -0.15) is 0 Å². The van der Waals surface area contributed by atoms with Gasteiger partial charge in [0.15, 0.2) is 5.58 Å². The fourth-order valence-corrected chi connectivity index (χ4v) is 2.29. The molecular formula is C15H22N2O2. The number of unbranched alkanes of at least 4 members (excludes halogenated alkanes) is 1. The zero-order chi connectivity index (χ0) is 13.7. The van der Waals surface area contributed by atoms with Gasteiger partial charge in [0, 0.05) is 6.04 Å². The maximum Gasteiger partial charge on any atom is 0.417 e. The van der Waals surface area contributed by atoms with Gasteiger partial charge in [-0.05, 0) is 37.1 Å². The van der Waals surface area contributed by atoms with E-state index < -0.39 is 5.76 Å². The van der Waals surface area contributed by atoms with Gasteiger partial charge in [-0.3, -0.25) is 4.98 Å². The highest BCUT2D eigenvalue weighted by atomic mass is 16.4. The number of oxazole rings is 1. The van der Waals surface area contributed by atoms with Crippen LogP contribution in [0.25, 0.3) is 11.1 Å². The fraction of sp³-hybridized carbons (Fsp3) is 0.533. The Bertz CT molecular complexity index is 563. The van der Waals surface area contributed by atoms with Crippen LogP contribution in [0, 0.1) is 0 Å². The van der Waals surface area contributed by atoms with Crippen LogP contribution in [-0.4, -0.2) is 11.5 Å². The summed E-state index contributed by atoms with van der Waals surface area (Å²) < 4.78 is 5.13. The minimum Gasteiger partial charge on any atom is -0.408 e. The summed E-state index contributed by atoms with van der Waals surface area (Å²) in [7, 11) is 0. The molecule has 1 atom stereocenters. The van der Waals surface area contributed by atoms with Gasteiger partial charge in [0.05, 0.1) is 5.52 Å². The zero-order valence-corrected chi connectivity index (χ0v) is 11.7. The summed E-state index contributed by atoms with van der Waals surface area (Å²) in [6.45, 7) is 5.37. The first-order chi connectivity index (χ1) is 9.24. The maximum absolute atomic E-state index is 11.2. The van der Waals surface area contributed by atoms with Crippen LogP contribution in [-0.2, 0) is 0 Å². The molecule has 0 aliphatic heterocycles. The summed E-state index contributed by atoms with van der Waals surface area (Å²) in [5.41, 5.74) is 2.60. The summed E-state index contributed by atoms with van der Waals surface area (Å²) >= 11 is 0. The van der Waals surface area contributed by atoms with Crippen LogP contribution >= 0.6 is 0 Å². The van der Waals surface area contributed by atoms with Crippen molar-refractivity contribution in [3.8, 4) is 0 Å². The maximum atomic E-state index is 11.2. The van der Waals surface area contributed by atoms with Crippen LogP contribution in [0.5, 0.6) is 0 Å². The van der Waals surface area contributed by atoms with Crippen LogP contribution in [0.4, 0.5) is 0 Å². The number of hydrogen-bond acceptors (Lipinski definition) is 3. The second kappa shape index (κ2) is 6.57. The molecule has 4 heteroatoms. The lowest BCUT2D eigenvalue weighted by atomic mass is 10.0. The first kappa shape index (κ1) is 13.9. The molecule has 2 N–H and O–H groups in total. The van der Waals surface area contributed by atoms with E-state index in [9.17, 15) is 4.79 Å². The fourth-order valence-electron chi connectivity index (χ4n) is 2.29. The lowest BCUT2D eigenvalue weighted by Gasteiger charge is -2.18. The van der Waals surface area contributed by atoms with Crippen molar-refractivity contribution in [2.75, 3.05) is 6.54 Å². The molecule has 0 spiro atoms. The molecule has 2 aromatic rings. The van der Waals surface area contributed by atoms with Gasteiger partial charge in [0.25, 0.3) is 0 Å². The normalized spacial score (nSPS) is 12.9. The van der Waals surface area contributed by atoms with Crippen molar-refractivity contribution in [1.82, 2.24) is 10.3 Å². The average Bonchev–Trinajstić information content (AvgIpc) is 2.78. The molecule has 2 rings (SSSR count). The lowest BCUT2D eigenvalue weighted by Crippen LogP contribution is -2.22. The van der Waals surface area contributed by atoms with Crippen LogP contribution in [0.1, 0.15) is 51.1 Å². The van der Waals surface area contributed by atoms with E-state index in [0.29, 0.717) is 11.6 Å². The molecule has 1 aromatic heterocycles. The predicted octanol–water partition coefficient (Wildman–Crippen LogP) is 3.35. The molecule has 0 bridgehead atoms. The van der Waals surface area contributed by atoms with E-state index in [1.165, 1.54) is 18.4 Å². The molecule has 19 heavy (non-hydrogen) atoms. The van der Waals surface area contributed by atoms with Crippen LogP contribution < -0.4 is 11.1 Å². The summed E-state index contributed by atoms with van der Waals surface area (Å²) in [4.78, 5) is 13.8. The Morgan fingerprint density at radius 1 is 1.32 bits per heavy atom. The minimum atomic E-state index is -0.390. The molecule has 0 amide bonds. The highest BCUT2D eigenvalue weighted by molar-refractivity contribution is 5.72. The molecule has 0 saturated heterocycles. The first-order valence-corrected chi connectivity index (χ1v) is 7.10. The third-order valence-electron chi connectivity index (χ3n) is 3.33. The molecule has 0 fully saturated rings. The molecule has 0 aliphatic carbocycles. The molecule has 4 nitrogen and oxygen atoms in total. The van der Waals surface area contributed by atoms with Gasteiger partial charge < -0.3 is 9.73 Å². The van der Waals surface area contributed by atoms with Gasteiger partial charge in [0.2, 0.25) is 0 Å². The monoisotopic (exact) mass is 262 g/mol. The molecule has 1 unspecified atom stereocenters. The van der Waals surface area contributed by atoms with E-state index in [4.69, 9.17) is 4.42 Å². The standard InChI is InChI=1S/C15H22N2O2/c1-3-5-6-12(16-9-4-2)11-7-8-13-14(10-11)19-15(18)17-13/h7-8,10,12,16H,3-6,9H2,1-2H3,(H,17,18). The van der Waals surface area contributed by atoms with E-state index in [1.807, 2.05) is 12.1 Å². The van der Waals surface area contributed by atoms with Gasteiger partial charge in [0.1, 0.15) is 0 Å². The summed E-state index contributed by atoms with van der Waals surface area (Å²) in [6, 6.07) is 6.29. The lowest BCUT2D eigenvalue weighted by molar-refractivity contribution is 0.480. The van der Waals surface area contributed by atoms with Crippen molar-refractivity contribution >= 4 is 11.1 Å². The van der Waals surface area contributed by atoms with E-state index in [1.54, 1.807) is 0 Å². The molecule has 1 aromatic carbocycles. The second-order valence-corrected chi connectivity index (χ2v) is 4.92. The Kier molecular flexibility index (Phi) is 4.80. The van der Waals surface area contributed by atoms with Gasteiger partial charge in [-0.15, -0.1) is 0 Å². The van der Waals surface area contributed by atoms with E-state index >= 15 is 0 Å². The SMILES string of the molecule is CCCCC(NCCC)c1ccc2[nH]c(=O)oc2c1. The van der Waals surface area contributed by atoms with Crippen molar-refractivity contribution in [2.24, 2.45) is 0 Å². The summed E-state index contributed by atoms with van der Waals surface area (Å²) in [5.74, 6) is -0.390. The van der Waals surface area contributed by atoms with Crippen LogP contribution in [0.3, 0.4) is 0 Å². The quantitative estimate of drug-likeness (QED) is 0.804. The third-order valence-corrected chi connectivity index (χ3v) is 3.33. The van der Waals surface area contributed by atoms with Gasteiger partial charge in [-0.1, -0.05) is 32.8 Å². The first-order valence-electron chi connectivity index (χ1n) is 7.10. The molecule has 0 radical (unpaired) electrons. The van der Waals surface area contributed by atoms with E-state index in [2.05, 4.69) is 30.2 Å². The number of aromatic amines is 1. The predicted molar refractivity (Wildman–Crippen MR) is 77.4 cm³/mol. The van der Waals surface area contributed by atoms with Crippen molar-refractivity contribution in [2.45, 2.75) is 45.6 Å². The Balaban J connectivity index is 2.23. The number of fused-ring (bicyclic) bond motifs is 1. The Labute approximate surface area is 113 Å². The molecular weight excluding hydrogens is 240 g/mol. The zero-order valence-electron chi connectivity index (χ0n) is 11.7. The highest BCUT2D eigenvalue weighted by Gasteiger charge is 2.12. The largest absolute Gasteiger partial charge is 0.417 e. The minimum absolute atomic E-state index is 0.338. The Morgan fingerprint density at radius 3 is 2.89 bits per heavy atom. The Hall–Kier alpha value is -1.55. The summed E-state index contributed by atoms with van der Waals surface area (Å²) in [5, 5.41) is 3.56. The molecule has 1 heterocycles. The topological polar surface area (TPSA) is 58.0 Å². The molecule has 104 valence electrons. The van der Waals surface area contributed by atoms with E-state index in [0.717, 1.165) is 24.9 Å². The number of H-pyrrole nitrogens is 1. The Morgan fingerprint density at radius 2 is 2.16 bits per heavy atom. The van der Waals surface area contributed by atoms with E-state index in [-0.39, 0.29) is 0 Å². The third kappa shape index (κ3) is 3.47. The average molecular weight is 262 g/mol. The van der Waals surface area contributed by atoms with Crippen molar-refractivity contribution in [3.05, 3.63) is 34.3 Å². The highest BCUT2D eigenvalue weighted by Crippen LogP contribution is 2.22.